The number of hydrogen-bond acceptors (Lipinski definition) is 3. The maximum Gasteiger partial charge on any atom is 0.340 e. The monoisotopic (exact) mass is 383 g/mol. The van der Waals surface area contributed by atoms with Gasteiger partial charge >= 0.3 is 5.97 Å². The summed E-state index contributed by atoms with van der Waals surface area (Å²) in [5.41, 5.74) is 7.50. The van der Waals surface area contributed by atoms with E-state index in [-0.39, 0.29) is 6.61 Å². The topological polar surface area (TPSA) is 52.3 Å². The molecule has 2 rings (SSSR count). The first kappa shape index (κ1) is 14.1. The van der Waals surface area contributed by atoms with E-state index in [0.717, 1.165) is 10.0 Å². The zero-order valence-electron chi connectivity index (χ0n) is 9.90. The van der Waals surface area contributed by atoms with Crippen molar-refractivity contribution >= 4 is 43.5 Å². The van der Waals surface area contributed by atoms with Crippen molar-refractivity contribution in [2.24, 2.45) is 0 Å². The molecule has 0 bridgehead atoms. The van der Waals surface area contributed by atoms with E-state index in [1.165, 1.54) is 0 Å². The Morgan fingerprint density at radius 2 is 1.79 bits per heavy atom. The fraction of sp³-hybridized carbons (Fsp3) is 0.0714. The van der Waals surface area contributed by atoms with E-state index < -0.39 is 5.97 Å². The van der Waals surface area contributed by atoms with Gasteiger partial charge < -0.3 is 10.5 Å². The fourth-order valence-electron chi connectivity index (χ4n) is 1.52. The van der Waals surface area contributed by atoms with Gasteiger partial charge in [-0.15, -0.1) is 0 Å². The summed E-state index contributed by atoms with van der Waals surface area (Å²) < 4.78 is 6.91. The molecular weight excluding hydrogens is 374 g/mol. The predicted octanol–water partition coefficient (Wildman–Crippen LogP) is 4.15. The lowest BCUT2D eigenvalue weighted by atomic mass is 10.2. The highest BCUT2D eigenvalue weighted by Crippen LogP contribution is 2.23. The normalized spacial score (nSPS) is 10.2. The van der Waals surface area contributed by atoms with Crippen LogP contribution in [0.1, 0.15) is 15.9 Å². The molecule has 0 spiro atoms. The minimum Gasteiger partial charge on any atom is -0.457 e. The van der Waals surface area contributed by atoms with Crippen molar-refractivity contribution in [1.82, 2.24) is 0 Å². The summed E-state index contributed by atoms with van der Waals surface area (Å²) in [7, 11) is 0. The van der Waals surface area contributed by atoms with Gasteiger partial charge in [-0.05, 0) is 45.8 Å². The van der Waals surface area contributed by atoms with Crippen LogP contribution in [0.3, 0.4) is 0 Å². The molecule has 2 aromatic carbocycles. The number of para-hydroxylation sites is 1. The number of hydrogen-bond donors (Lipinski definition) is 1. The number of benzene rings is 2. The molecule has 5 heteroatoms. The van der Waals surface area contributed by atoms with Crippen molar-refractivity contribution in [2.75, 3.05) is 5.73 Å². The van der Waals surface area contributed by atoms with Crippen LogP contribution in [0.15, 0.2) is 51.4 Å². The lowest BCUT2D eigenvalue weighted by molar-refractivity contribution is 0.0474. The lowest BCUT2D eigenvalue weighted by Gasteiger charge is -2.08. The van der Waals surface area contributed by atoms with Crippen LogP contribution in [0.2, 0.25) is 0 Å². The van der Waals surface area contributed by atoms with Crippen molar-refractivity contribution in [3.05, 3.63) is 62.5 Å². The Morgan fingerprint density at radius 3 is 2.47 bits per heavy atom. The average Bonchev–Trinajstić information content (AvgIpc) is 2.41. The predicted molar refractivity (Wildman–Crippen MR) is 81.8 cm³/mol. The molecule has 2 aromatic rings. The van der Waals surface area contributed by atoms with Gasteiger partial charge in [-0.3, -0.25) is 0 Å². The second-order valence-corrected chi connectivity index (χ2v) is 5.67. The largest absolute Gasteiger partial charge is 0.457 e. The molecule has 0 aliphatic heterocycles. The van der Waals surface area contributed by atoms with E-state index in [0.29, 0.717) is 15.7 Å². The number of nitrogen functional groups attached to an aromatic ring is 1. The zero-order valence-corrected chi connectivity index (χ0v) is 13.1. The molecule has 0 heterocycles. The van der Waals surface area contributed by atoms with Crippen LogP contribution in [0.25, 0.3) is 0 Å². The number of carbonyl (C=O) groups excluding carboxylic acids is 1. The lowest BCUT2D eigenvalue weighted by Crippen LogP contribution is -2.08. The second-order valence-electron chi connectivity index (χ2n) is 3.90. The van der Waals surface area contributed by atoms with Crippen molar-refractivity contribution in [2.45, 2.75) is 6.61 Å². The number of nitrogens with two attached hydrogens (primary N) is 1. The van der Waals surface area contributed by atoms with Crippen LogP contribution >= 0.6 is 31.9 Å². The molecule has 0 saturated heterocycles. The van der Waals surface area contributed by atoms with Gasteiger partial charge in [0, 0.05) is 8.95 Å². The quantitative estimate of drug-likeness (QED) is 0.638. The van der Waals surface area contributed by atoms with Crippen molar-refractivity contribution in [3.8, 4) is 0 Å². The molecule has 2 N–H and O–H groups in total. The molecule has 0 saturated carbocycles. The Balaban J connectivity index is 2.05. The van der Waals surface area contributed by atoms with Crippen LogP contribution in [0.4, 0.5) is 5.69 Å². The third kappa shape index (κ3) is 3.58. The molecule has 0 atom stereocenters. The molecule has 0 radical (unpaired) electrons. The first-order valence-corrected chi connectivity index (χ1v) is 7.12. The van der Waals surface area contributed by atoms with E-state index in [1.807, 2.05) is 24.3 Å². The van der Waals surface area contributed by atoms with Crippen LogP contribution in [0, 0.1) is 0 Å². The molecule has 98 valence electrons. The highest BCUT2D eigenvalue weighted by Gasteiger charge is 2.12. The number of halogens is 2. The minimum absolute atomic E-state index is 0.220. The van der Waals surface area contributed by atoms with Gasteiger partial charge in [0.1, 0.15) is 6.61 Å². The summed E-state index contributed by atoms with van der Waals surface area (Å²) in [5.74, 6) is -0.429. The van der Waals surface area contributed by atoms with Crippen LogP contribution in [0.5, 0.6) is 0 Å². The Bertz CT molecular complexity index is 597. The second kappa shape index (κ2) is 6.21. The Kier molecular flexibility index (Phi) is 4.61. The summed E-state index contributed by atoms with van der Waals surface area (Å²) in [5, 5.41) is 0. The first-order valence-electron chi connectivity index (χ1n) is 5.53. The molecule has 0 fully saturated rings. The smallest absolute Gasteiger partial charge is 0.340 e. The molecule has 0 amide bonds. The van der Waals surface area contributed by atoms with Crippen molar-refractivity contribution in [1.29, 1.82) is 0 Å². The maximum absolute atomic E-state index is 11.9. The standard InChI is InChI=1S/C14H11Br2NO2/c15-10-6-4-9(5-7-10)8-19-14(18)11-2-1-3-12(16)13(11)17/h1-7H,8,17H2. The molecular formula is C14H11Br2NO2. The molecule has 0 unspecified atom stereocenters. The Labute approximate surface area is 128 Å². The van der Waals surface area contributed by atoms with Gasteiger partial charge in [0.2, 0.25) is 0 Å². The third-order valence-electron chi connectivity index (χ3n) is 2.56. The molecule has 0 aromatic heterocycles. The van der Waals surface area contributed by atoms with Crippen molar-refractivity contribution < 1.29 is 9.53 Å². The highest BCUT2D eigenvalue weighted by molar-refractivity contribution is 9.10. The summed E-state index contributed by atoms with van der Waals surface area (Å²) in [6.07, 6.45) is 0. The summed E-state index contributed by atoms with van der Waals surface area (Å²) in [4.78, 5) is 11.9. The van der Waals surface area contributed by atoms with E-state index in [9.17, 15) is 4.79 Å². The number of carbonyl (C=O) groups is 1. The minimum atomic E-state index is -0.429. The van der Waals surface area contributed by atoms with E-state index in [2.05, 4.69) is 31.9 Å². The number of rotatable bonds is 3. The number of ether oxygens (including phenoxy) is 1. The number of esters is 1. The first-order chi connectivity index (χ1) is 9.08. The van der Waals surface area contributed by atoms with Gasteiger partial charge in [0.25, 0.3) is 0 Å². The van der Waals surface area contributed by atoms with Crippen LogP contribution in [-0.2, 0) is 11.3 Å². The van der Waals surface area contributed by atoms with Crippen LogP contribution < -0.4 is 5.73 Å². The fourth-order valence-corrected chi connectivity index (χ4v) is 2.15. The summed E-state index contributed by atoms with van der Waals surface area (Å²) in [6, 6.07) is 12.7. The van der Waals surface area contributed by atoms with E-state index in [1.54, 1.807) is 18.2 Å². The van der Waals surface area contributed by atoms with Gasteiger partial charge in [-0.1, -0.05) is 34.1 Å². The molecule has 0 aliphatic carbocycles. The SMILES string of the molecule is Nc1c(Br)cccc1C(=O)OCc1ccc(Br)cc1. The Morgan fingerprint density at radius 1 is 1.11 bits per heavy atom. The molecule has 3 nitrogen and oxygen atoms in total. The van der Waals surface area contributed by atoms with Crippen LogP contribution in [-0.4, -0.2) is 5.97 Å². The molecule has 0 aliphatic rings. The highest BCUT2D eigenvalue weighted by atomic mass is 79.9. The van der Waals surface area contributed by atoms with Gasteiger partial charge in [0.15, 0.2) is 0 Å². The maximum atomic E-state index is 11.9. The summed E-state index contributed by atoms with van der Waals surface area (Å²) in [6.45, 7) is 0.220. The van der Waals surface area contributed by atoms with E-state index in [4.69, 9.17) is 10.5 Å². The van der Waals surface area contributed by atoms with Gasteiger partial charge in [-0.2, -0.15) is 0 Å². The zero-order chi connectivity index (χ0) is 13.8. The summed E-state index contributed by atoms with van der Waals surface area (Å²) >= 11 is 6.63. The van der Waals surface area contributed by atoms with E-state index >= 15 is 0 Å². The average molecular weight is 385 g/mol. The third-order valence-corrected chi connectivity index (χ3v) is 3.78. The van der Waals surface area contributed by atoms with Gasteiger partial charge in [0.05, 0.1) is 11.3 Å². The molecule has 19 heavy (non-hydrogen) atoms. The number of anilines is 1. The van der Waals surface area contributed by atoms with Crippen molar-refractivity contribution in [3.63, 3.8) is 0 Å². The van der Waals surface area contributed by atoms with Gasteiger partial charge in [-0.25, -0.2) is 4.79 Å². The Hall–Kier alpha value is -1.33.